The van der Waals surface area contributed by atoms with Crippen molar-refractivity contribution < 1.29 is 5.11 Å². The molecule has 0 aliphatic heterocycles. The molecular weight excluding hydrogens is 426 g/mol. The molecule has 8 heteroatoms. The van der Waals surface area contributed by atoms with E-state index in [1.54, 1.807) is 0 Å². The molecule has 6 nitrogen and oxygen atoms in total. The topological polar surface area (TPSA) is 87.6 Å². The van der Waals surface area contributed by atoms with Crippen molar-refractivity contribution in [2.75, 3.05) is 5.75 Å². The summed E-state index contributed by atoms with van der Waals surface area (Å²) in [5, 5.41) is 30.5. The van der Waals surface area contributed by atoms with Crippen molar-refractivity contribution >= 4 is 38.9 Å². The Morgan fingerprint density at radius 3 is 2.65 bits per heavy atom. The number of aliphatic hydroxyl groups excluding tert-OH is 1. The van der Waals surface area contributed by atoms with Crippen LogP contribution in [0.1, 0.15) is 35.2 Å². The minimum Gasteiger partial charge on any atom is -0.510 e. The Morgan fingerprint density at radius 1 is 1.13 bits per heavy atom. The molecule has 31 heavy (non-hydrogen) atoms. The van der Waals surface area contributed by atoms with Gasteiger partial charge in [0.25, 0.3) is 0 Å². The number of hydrogen-bond acceptors (Lipinski definition) is 7. The quantitative estimate of drug-likeness (QED) is 0.233. The van der Waals surface area contributed by atoms with Crippen LogP contribution >= 0.6 is 23.1 Å². The van der Waals surface area contributed by atoms with Gasteiger partial charge in [-0.05, 0) is 30.5 Å². The van der Waals surface area contributed by atoms with Crippen LogP contribution in [0.5, 0.6) is 0 Å². The third-order valence-electron chi connectivity index (χ3n) is 5.12. The maximum Gasteiger partial charge on any atom is 0.191 e. The molecule has 1 N–H and O–H groups in total. The van der Waals surface area contributed by atoms with Gasteiger partial charge in [0.1, 0.15) is 28.2 Å². The van der Waals surface area contributed by atoms with Crippen LogP contribution in [0.2, 0.25) is 0 Å². The van der Waals surface area contributed by atoms with Gasteiger partial charge >= 0.3 is 0 Å². The van der Waals surface area contributed by atoms with E-state index >= 15 is 0 Å². The van der Waals surface area contributed by atoms with Crippen molar-refractivity contribution in [2.45, 2.75) is 30.5 Å². The van der Waals surface area contributed by atoms with Crippen LogP contribution in [0.4, 0.5) is 0 Å². The molecule has 0 unspecified atom stereocenters. The Labute approximate surface area is 187 Å². The van der Waals surface area contributed by atoms with Gasteiger partial charge in [0.2, 0.25) is 0 Å². The number of aromatic nitrogens is 4. The van der Waals surface area contributed by atoms with Crippen molar-refractivity contribution in [3.05, 3.63) is 76.8 Å². The molecule has 4 aromatic rings. The number of thioether (sulfide) groups is 1. The summed E-state index contributed by atoms with van der Waals surface area (Å²) in [6.45, 7) is 0.690. The number of rotatable bonds is 7. The Morgan fingerprint density at radius 2 is 1.90 bits per heavy atom. The predicted octanol–water partition coefficient (Wildman–Crippen LogP) is 5.40. The van der Waals surface area contributed by atoms with Crippen molar-refractivity contribution in [1.82, 2.24) is 19.7 Å². The fraction of sp³-hybridized carbons (Fsp3) is 0.217. The van der Waals surface area contributed by atoms with Gasteiger partial charge in [0.05, 0.1) is 22.5 Å². The zero-order valence-electron chi connectivity index (χ0n) is 16.6. The second-order valence-electron chi connectivity index (χ2n) is 7.40. The Balaban J connectivity index is 1.40. The number of benzene rings is 2. The zero-order valence-corrected chi connectivity index (χ0v) is 18.2. The molecule has 0 bridgehead atoms. The summed E-state index contributed by atoms with van der Waals surface area (Å²) >= 11 is 2.80. The molecule has 1 aliphatic rings. The largest absolute Gasteiger partial charge is 0.510 e. The zero-order chi connectivity index (χ0) is 21.2. The lowest BCUT2D eigenvalue weighted by Crippen LogP contribution is -2.06. The molecule has 0 saturated heterocycles. The number of nitrogens with zero attached hydrogens (tertiary/aromatic N) is 5. The minimum atomic E-state index is 0.00814. The van der Waals surface area contributed by atoms with Gasteiger partial charge in [-0.1, -0.05) is 54.2 Å². The number of aliphatic hydroxyl groups is 1. The van der Waals surface area contributed by atoms with Gasteiger partial charge in [-0.3, -0.25) is 0 Å². The van der Waals surface area contributed by atoms with E-state index in [0.29, 0.717) is 17.5 Å². The fourth-order valence-electron chi connectivity index (χ4n) is 3.38. The van der Waals surface area contributed by atoms with Crippen LogP contribution in [0.25, 0.3) is 15.8 Å². The summed E-state index contributed by atoms with van der Waals surface area (Å²) in [6, 6.07) is 20.1. The molecule has 154 valence electrons. The van der Waals surface area contributed by atoms with Gasteiger partial charge < -0.3 is 9.67 Å². The second kappa shape index (κ2) is 8.53. The molecule has 1 fully saturated rings. The van der Waals surface area contributed by atoms with Gasteiger partial charge in [-0.15, -0.1) is 21.5 Å². The minimum absolute atomic E-state index is 0.00814. The molecule has 1 saturated carbocycles. The van der Waals surface area contributed by atoms with E-state index in [1.807, 2.05) is 42.5 Å². The summed E-state index contributed by atoms with van der Waals surface area (Å²) in [6.07, 6.45) is 2.28. The Bertz CT molecular complexity index is 1270. The van der Waals surface area contributed by atoms with E-state index in [2.05, 4.69) is 38.0 Å². The summed E-state index contributed by atoms with van der Waals surface area (Å²) in [5.41, 5.74) is 2.22. The number of thiazole rings is 1. The van der Waals surface area contributed by atoms with Crippen LogP contribution in [-0.2, 0) is 6.54 Å². The first kappa shape index (κ1) is 19.8. The van der Waals surface area contributed by atoms with E-state index in [4.69, 9.17) is 0 Å². The number of para-hydroxylation sites is 1. The second-order valence-corrected chi connectivity index (χ2v) is 9.37. The summed E-state index contributed by atoms with van der Waals surface area (Å²) in [5.74, 6) is 1.71. The molecule has 5 rings (SSSR count). The molecule has 0 atom stereocenters. The molecule has 2 aromatic carbocycles. The first-order valence-electron chi connectivity index (χ1n) is 10.0. The lowest BCUT2D eigenvalue weighted by atomic mass is 10.2. The fourth-order valence-corrected chi connectivity index (χ4v) is 5.19. The van der Waals surface area contributed by atoms with E-state index in [-0.39, 0.29) is 17.1 Å². The number of allylic oxidation sites excluding steroid dienone is 1. The van der Waals surface area contributed by atoms with E-state index in [0.717, 1.165) is 34.0 Å². The van der Waals surface area contributed by atoms with Crippen molar-refractivity contribution in [3.8, 4) is 6.07 Å². The molecule has 2 aromatic heterocycles. The standard InChI is InChI=1S/C23H19N5OS2/c24-12-17(22-25-18-8-4-5-9-20(18)31-22)19(29)14-30-23-27-26-21(16-10-11-16)28(23)13-15-6-2-1-3-7-15/h1-9,16,29H,10-11,13-14H2/b19-17-. The molecule has 0 amide bonds. The lowest BCUT2D eigenvalue weighted by molar-refractivity contribution is 0.420. The smallest absolute Gasteiger partial charge is 0.191 e. The van der Waals surface area contributed by atoms with Crippen molar-refractivity contribution in [2.24, 2.45) is 0 Å². The van der Waals surface area contributed by atoms with E-state index in [1.165, 1.54) is 28.7 Å². The van der Waals surface area contributed by atoms with E-state index < -0.39 is 0 Å². The summed E-state index contributed by atoms with van der Waals surface area (Å²) in [7, 11) is 0. The first-order chi connectivity index (χ1) is 15.2. The summed E-state index contributed by atoms with van der Waals surface area (Å²) in [4.78, 5) is 4.50. The van der Waals surface area contributed by atoms with Crippen LogP contribution in [0.3, 0.4) is 0 Å². The highest BCUT2D eigenvalue weighted by molar-refractivity contribution is 7.99. The molecular formula is C23H19N5OS2. The van der Waals surface area contributed by atoms with Gasteiger partial charge in [0, 0.05) is 5.92 Å². The third kappa shape index (κ3) is 4.20. The molecule has 0 radical (unpaired) electrons. The van der Waals surface area contributed by atoms with Gasteiger partial charge in [-0.2, -0.15) is 5.26 Å². The maximum atomic E-state index is 10.7. The van der Waals surface area contributed by atoms with Crippen LogP contribution in [0.15, 0.2) is 65.5 Å². The Kier molecular flexibility index (Phi) is 5.45. The molecule has 1 aliphatic carbocycles. The highest BCUT2D eigenvalue weighted by Gasteiger charge is 2.30. The van der Waals surface area contributed by atoms with Gasteiger partial charge in [-0.25, -0.2) is 4.98 Å². The van der Waals surface area contributed by atoms with Gasteiger partial charge in [0.15, 0.2) is 5.16 Å². The van der Waals surface area contributed by atoms with Crippen molar-refractivity contribution in [3.63, 3.8) is 0 Å². The number of hydrogen-bond donors (Lipinski definition) is 1. The molecule has 0 spiro atoms. The predicted molar refractivity (Wildman–Crippen MR) is 123 cm³/mol. The summed E-state index contributed by atoms with van der Waals surface area (Å²) < 4.78 is 3.12. The van der Waals surface area contributed by atoms with E-state index in [9.17, 15) is 10.4 Å². The highest BCUT2D eigenvalue weighted by atomic mass is 32.2. The first-order valence-corrected chi connectivity index (χ1v) is 11.8. The monoisotopic (exact) mass is 445 g/mol. The average molecular weight is 446 g/mol. The number of fused-ring (bicyclic) bond motifs is 1. The molecule has 2 heterocycles. The lowest BCUT2D eigenvalue weighted by Gasteiger charge is -2.10. The van der Waals surface area contributed by atoms with Crippen LogP contribution in [0, 0.1) is 11.3 Å². The third-order valence-corrected chi connectivity index (χ3v) is 7.15. The normalized spacial score (nSPS) is 14.4. The maximum absolute atomic E-state index is 10.7. The SMILES string of the molecule is N#C/C(=C(/O)CSc1nnc(C2CC2)n1Cc1ccccc1)c1nc2ccccc2s1. The number of nitriles is 1. The van der Waals surface area contributed by atoms with Crippen molar-refractivity contribution in [1.29, 1.82) is 5.26 Å². The average Bonchev–Trinajstić information content (AvgIpc) is 3.42. The Hall–Kier alpha value is -3.15. The van der Waals surface area contributed by atoms with Crippen LogP contribution in [-0.4, -0.2) is 30.6 Å². The highest BCUT2D eigenvalue weighted by Crippen LogP contribution is 2.40. The van der Waals surface area contributed by atoms with Crippen LogP contribution < -0.4 is 0 Å².